The fraction of sp³-hybridized carbons (Fsp3) is 0.548. The predicted octanol–water partition coefficient (Wildman–Crippen LogP) is 7.03. The minimum Gasteiger partial charge on any atom is -0.344 e. The summed E-state index contributed by atoms with van der Waals surface area (Å²) < 4.78 is 2.64. The van der Waals surface area contributed by atoms with Gasteiger partial charge < -0.3 is 15.6 Å². The van der Waals surface area contributed by atoms with Crippen LogP contribution in [0, 0.1) is 6.92 Å². The lowest BCUT2D eigenvalue weighted by molar-refractivity contribution is 0.338. The third-order valence-corrected chi connectivity index (χ3v) is 8.44. The third kappa shape index (κ3) is 5.58. The second kappa shape index (κ2) is 11.1. The Morgan fingerprint density at radius 3 is 2.53 bits per heavy atom. The van der Waals surface area contributed by atoms with Crippen molar-refractivity contribution < 1.29 is 0 Å². The van der Waals surface area contributed by atoms with Crippen molar-refractivity contribution in [2.45, 2.75) is 102 Å². The molecular formula is C31H43N3. The van der Waals surface area contributed by atoms with Gasteiger partial charge in [-0.25, -0.2) is 0 Å². The summed E-state index contributed by atoms with van der Waals surface area (Å²) in [5.74, 6) is 0.523. The maximum Gasteiger partial charge on any atom is 0.0485 e. The summed E-state index contributed by atoms with van der Waals surface area (Å²) in [5.41, 5.74) is 11.9. The van der Waals surface area contributed by atoms with Crippen molar-refractivity contribution in [1.82, 2.24) is 9.88 Å². The molecule has 0 spiro atoms. The fourth-order valence-corrected chi connectivity index (χ4v) is 6.49. The minimum atomic E-state index is 0.415. The normalized spacial score (nSPS) is 22.8. The molecule has 0 bridgehead atoms. The topological polar surface area (TPSA) is 43.0 Å². The van der Waals surface area contributed by atoms with Crippen LogP contribution in [0.15, 0.2) is 54.7 Å². The number of rotatable bonds is 8. The highest BCUT2D eigenvalue weighted by atomic mass is 15.0. The van der Waals surface area contributed by atoms with Gasteiger partial charge in [-0.3, -0.25) is 0 Å². The number of hydrogen-bond donors (Lipinski definition) is 2. The molecule has 182 valence electrons. The molecule has 2 aliphatic rings. The van der Waals surface area contributed by atoms with Gasteiger partial charge in [0.1, 0.15) is 0 Å². The molecule has 3 nitrogen and oxygen atoms in total. The van der Waals surface area contributed by atoms with Crippen molar-refractivity contribution in [3.63, 3.8) is 0 Å². The molecule has 1 unspecified atom stereocenters. The van der Waals surface area contributed by atoms with Crippen LogP contribution in [0.3, 0.4) is 0 Å². The Hall–Kier alpha value is -2.10. The average molecular weight is 458 g/mol. The largest absolute Gasteiger partial charge is 0.344 e. The summed E-state index contributed by atoms with van der Waals surface area (Å²) in [6.07, 6.45) is 16.4. The first-order chi connectivity index (χ1) is 16.7. The van der Waals surface area contributed by atoms with Gasteiger partial charge in [-0.2, -0.15) is 0 Å². The highest BCUT2D eigenvalue weighted by molar-refractivity contribution is 5.84. The molecule has 5 rings (SSSR count). The van der Waals surface area contributed by atoms with Gasteiger partial charge in [0.25, 0.3) is 0 Å². The summed E-state index contributed by atoms with van der Waals surface area (Å²) in [7, 11) is 0. The van der Waals surface area contributed by atoms with E-state index >= 15 is 0 Å². The minimum absolute atomic E-state index is 0.415. The summed E-state index contributed by atoms with van der Waals surface area (Å²) in [5, 5.41) is 5.36. The van der Waals surface area contributed by atoms with Crippen LogP contribution >= 0.6 is 0 Å². The van der Waals surface area contributed by atoms with Crippen molar-refractivity contribution in [2.75, 3.05) is 6.54 Å². The molecule has 3 aromatic rings. The molecule has 2 aliphatic carbocycles. The van der Waals surface area contributed by atoms with Gasteiger partial charge in [-0.1, -0.05) is 67.3 Å². The first-order valence-electron chi connectivity index (χ1n) is 13.8. The average Bonchev–Trinajstić information content (AvgIpc) is 3.25. The molecule has 2 fully saturated rings. The zero-order valence-electron chi connectivity index (χ0n) is 21.0. The molecule has 0 radical (unpaired) electrons. The van der Waals surface area contributed by atoms with Gasteiger partial charge in [0.2, 0.25) is 0 Å². The third-order valence-electron chi connectivity index (χ3n) is 8.44. The Balaban J connectivity index is 1.40. The molecule has 2 aromatic carbocycles. The molecular weight excluding hydrogens is 414 g/mol. The molecule has 1 atom stereocenters. The number of benzene rings is 2. The van der Waals surface area contributed by atoms with Crippen LogP contribution in [0.4, 0.5) is 0 Å². The van der Waals surface area contributed by atoms with E-state index in [-0.39, 0.29) is 0 Å². The van der Waals surface area contributed by atoms with E-state index in [2.05, 4.69) is 71.5 Å². The molecule has 2 saturated carbocycles. The van der Waals surface area contributed by atoms with Crippen LogP contribution in [-0.2, 0) is 6.42 Å². The van der Waals surface area contributed by atoms with Gasteiger partial charge >= 0.3 is 0 Å². The first kappa shape index (κ1) is 23.6. The monoisotopic (exact) mass is 457 g/mol. The standard InChI is InChI=1S/C31H43N3/c1-23-8-7-9-24(20-23)21-25(18-19-33-27-16-14-26(32)15-17-27)30-22-34(28-10-3-2-4-11-28)31-13-6-5-12-29(30)31/h5-9,12-13,20,22,25-28,33H,2-4,10-11,14-19,21,32H2,1H3. The summed E-state index contributed by atoms with van der Waals surface area (Å²) in [6.45, 7) is 3.29. The van der Waals surface area contributed by atoms with Crippen LogP contribution in [0.25, 0.3) is 10.9 Å². The number of aryl methyl sites for hydroxylation is 1. The van der Waals surface area contributed by atoms with Gasteiger partial charge in [0, 0.05) is 35.2 Å². The number of para-hydroxylation sites is 1. The van der Waals surface area contributed by atoms with Gasteiger partial charge in [-0.15, -0.1) is 0 Å². The number of nitrogens with zero attached hydrogens (tertiary/aromatic N) is 1. The van der Waals surface area contributed by atoms with Crippen molar-refractivity contribution in [3.05, 3.63) is 71.4 Å². The Morgan fingerprint density at radius 1 is 0.941 bits per heavy atom. The first-order valence-corrected chi connectivity index (χ1v) is 13.8. The Morgan fingerprint density at radius 2 is 1.74 bits per heavy atom. The van der Waals surface area contributed by atoms with Crippen LogP contribution in [0.2, 0.25) is 0 Å². The summed E-state index contributed by atoms with van der Waals surface area (Å²) >= 11 is 0. The maximum atomic E-state index is 6.13. The summed E-state index contributed by atoms with van der Waals surface area (Å²) in [6, 6.07) is 20.0. The summed E-state index contributed by atoms with van der Waals surface area (Å²) in [4.78, 5) is 0. The lowest BCUT2D eigenvalue weighted by atomic mass is 9.88. The fourth-order valence-electron chi connectivity index (χ4n) is 6.49. The van der Waals surface area contributed by atoms with Gasteiger partial charge in [0.05, 0.1) is 0 Å². The van der Waals surface area contributed by atoms with Crippen molar-refractivity contribution in [1.29, 1.82) is 0 Å². The predicted molar refractivity (Wildman–Crippen MR) is 145 cm³/mol. The van der Waals surface area contributed by atoms with Gasteiger partial charge in [-0.05, 0) is 87.9 Å². The van der Waals surface area contributed by atoms with E-state index in [1.165, 1.54) is 86.2 Å². The highest BCUT2D eigenvalue weighted by Crippen LogP contribution is 2.37. The molecule has 3 heteroatoms. The van der Waals surface area contributed by atoms with Crippen LogP contribution in [0.1, 0.15) is 92.9 Å². The molecule has 1 aromatic heterocycles. The lowest BCUT2D eigenvalue weighted by Gasteiger charge is -2.28. The van der Waals surface area contributed by atoms with E-state index < -0.39 is 0 Å². The molecule has 34 heavy (non-hydrogen) atoms. The number of nitrogens with two attached hydrogens (primary N) is 1. The van der Waals surface area contributed by atoms with Gasteiger partial charge in [0.15, 0.2) is 0 Å². The van der Waals surface area contributed by atoms with Crippen LogP contribution in [0.5, 0.6) is 0 Å². The second-order valence-corrected chi connectivity index (χ2v) is 11.0. The smallest absolute Gasteiger partial charge is 0.0485 e. The Bertz CT molecular complexity index is 1050. The van der Waals surface area contributed by atoms with E-state index in [1.54, 1.807) is 5.56 Å². The van der Waals surface area contributed by atoms with Crippen LogP contribution in [-0.4, -0.2) is 23.2 Å². The number of nitrogens with one attached hydrogen (secondary N) is 1. The molecule has 1 heterocycles. The molecule has 0 saturated heterocycles. The van der Waals surface area contributed by atoms with Crippen LogP contribution < -0.4 is 11.1 Å². The zero-order chi connectivity index (χ0) is 23.3. The van der Waals surface area contributed by atoms with Crippen molar-refractivity contribution >= 4 is 10.9 Å². The quantitative estimate of drug-likeness (QED) is 0.381. The van der Waals surface area contributed by atoms with E-state index in [9.17, 15) is 0 Å². The highest BCUT2D eigenvalue weighted by Gasteiger charge is 2.24. The van der Waals surface area contributed by atoms with Crippen molar-refractivity contribution in [3.8, 4) is 0 Å². The zero-order valence-corrected chi connectivity index (χ0v) is 21.0. The van der Waals surface area contributed by atoms with E-state index in [0.717, 1.165) is 13.0 Å². The number of aromatic nitrogens is 1. The molecule has 3 N–H and O–H groups in total. The number of hydrogen-bond acceptors (Lipinski definition) is 2. The van der Waals surface area contributed by atoms with E-state index in [1.807, 2.05) is 0 Å². The van der Waals surface area contributed by atoms with Crippen molar-refractivity contribution in [2.24, 2.45) is 5.73 Å². The second-order valence-electron chi connectivity index (χ2n) is 11.0. The number of fused-ring (bicyclic) bond motifs is 1. The lowest BCUT2D eigenvalue weighted by Crippen LogP contribution is -2.38. The SMILES string of the molecule is Cc1cccc(CC(CCNC2CCC(N)CC2)c2cn(C3CCCCC3)c3ccccc23)c1. The van der Waals surface area contributed by atoms with E-state index in [0.29, 0.717) is 24.0 Å². The van der Waals surface area contributed by atoms with E-state index in [4.69, 9.17) is 5.73 Å². The molecule has 0 amide bonds. The Kier molecular flexibility index (Phi) is 7.71. The maximum absolute atomic E-state index is 6.13. The Labute approximate surface area is 206 Å². The molecule has 0 aliphatic heterocycles.